The van der Waals surface area contributed by atoms with E-state index < -0.39 is 147 Å². The van der Waals surface area contributed by atoms with Crippen LogP contribution in [-0.2, 0) is 38.0 Å². The number of rotatable bonds is 18. The number of carbonyl (C=O) groups is 2. The summed E-state index contributed by atoms with van der Waals surface area (Å²) in [5, 5.41) is 150. The van der Waals surface area contributed by atoms with Gasteiger partial charge in [-0.2, -0.15) is 0 Å². The zero-order valence-corrected chi connectivity index (χ0v) is 42.1. The molecule has 0 radical (unpaired) electrons. The van der Waals surface area contributed by atoms with Crippen molar-refractivity contribution in [2.45, 2.75) is 92.1 Å². The van der Waals surface area contributed by atoms with Gasteiger partial charge in [0, 0.05) is 30.4 Å². The number of esters is 2. The first-order chi connectivity index (χ1) is 38.2. The van der Waals surface area contributed by atoms with E-state index in [1.165, 1.54) is 74.9 Å². The Morgan fingerprint density at radius 2 is 1.14 bits per heavy atom. The minimum atomic E-state index is -2.19. The fourth-order valence-electron chi connectivity index (χ4n) is 8.68. The molecule has 27 nitrogen and oxygen atoms in total. The lowest BCUT2D eigenvalue weighted by Crippen LogP contribution is -2.65. The largest absolute Gasteiger partial charge is 0.508 e. The maximum Gasteiger partial charge on any atom is 0.402 e. The smallest absolute Gasteiger partial charge is 0.402 e. The van der Waals surface area contributed by atoms with Crippen LogP contribution in [-0.4, -0.2) is 210 Å². The van der Waals surface area contributed by atoms with Crippen LogP contribution in [0.25, 0.3) is 34.4 Å². The second-order valence-electron chi connectivity index (χ2n) is 18.3. The summed E-state index contributed by atoms with van der Waals surface area (Å²) in [6.07, 6.45) is -24.4. The molecule has 27 heteroatoms. The minimum Gasteiger partial charge on any atom is -0.508 e. The van der Waals surface area contributed by atoms with Gasteiger partial charge >= 0.3 is 23.3 Å². The highest BCUT2D eigenvalue weighted by Crippen LogP contribution is 2.44. The van der Waals surface area contributed by atoms with Crippen LogP contribution in [0.4, 0.5) is 0 Å². The maximum absolute atomic E-state index is 13.5. The number of hydrogen-bond donors (Lipinski definition) is 14. The van der Waals surface area contributed by atoms with Crippen molar-refractivity contribution >= 4 is 35.1 Å². The van der Waals surface area contributed by atoms with Crippen LogP contribution in [0.5, 0.6) is 51.7 Å². The van der Waals surface area contributed by atoms with Crippen LogP contribution in [0.2, 0.25) is 0 Å². The van der Waals surface area contributed by atoms with Crippen LogP contribution in [0.1, 0.15) is 11.1 Å². The third-order valence-corrected chi connectivity index (χ3v) is 13.0. The summed E-state index contributed by atoms with van der Waals surface area (Å²) in [4.78, 5) is 26.5. The molecule has 14 N–H and O–H groups in total. The average Bonchev–Trinajstić information content (AvgIpc) is 3.50. The highest BCUT2D eigenvalue weighted by Gasteiger charge is 2.54. The number of ether oxygens (including phenoxy) is 10. The van der Waals surface area contributed by atoms with E-state index in [1.54, 1.807) is 0 Å². The Labute approximate surface area is 452 Å². The van der Waals surface area contributed by atoms with E-state index in [2.05, 4.69) is 0 Å². The fourth-order valence-corrected chi connectivity index (χ4v) is 8.68. The molecule has 3 fully saturated rings. The van der Waals surface area contributed by atoms with Crippen molar-refractivity contribution in [3.05, 3.63) is 96.1 Å². The maximum atomic E-state index is 13.5. The van der Waals surface area contributed by atoms with E-state index in [-0.39, 0.29) is 56.6 Å². The van der Waals surface area contributed by atoms with E-state index in [9.17, 15) is 81.1 Å². The number of carbonyl (C=O) groups excluding carboxylic acids is 2. The third kappa shape index (κ3) is 12.9. The van der Waals surface area contributed by atoms with Crippen LogP contribution in [0.15, 0.2) is 89.4 Å². The normalized spacial score (nSPS) is 28.9. The van der Waals surface area contributed by atoms with Gasteiger partial charge < -0.3 is 119 Å². The number of aliphatic hydroxyl groups excluding tert-OH is 9. The minimum absolute atomic E-state index is 0.0259. The van der Waals surface area contributed by atoms with Crippen LogP contribution >= 0.6 is 0 Å². The molecule has 0 saturated carbocycles. The van der Waals surface area contributed by atoms with Gasteiger partial charge in [0.2, 0.25) is 24.1 Å². The molecule has 0 amide bonds. The van der Waals surface area contributed by atoms with Crippen molar-refractivity contribution in [1.82, 2.24) is 0 Å². The summed E-state index contributed by atoms with van der Waals surface area (Å²) >= 11 is 0. The third-order valence-electron chi connectivity index (χ3n) is 13.0. The summed E-state index contributed by atoms with van der Waals surface area (Å²) < 4.78 is 63.6. The van der Waals surface area contributed by atoms with Crippen LogP contribution in [0.3, 0.4) is 0 Å². The van der Waals surface area contributed by atoms with Gasteiger partial charge in [-0.15, -0.1) is 0 Å². The first-order valence-corrected chi connectivity index (χ1v) is 24.3. The summed E-state index contributed by atoms with van der Waals surface area (Å²) in [6, 6.07) is 15.1. The lowest BCUT2D eigenvalue weighted by molar-refractivity contribution is -0.358. The summed E-state index contributed by atoms with van der Waals surface area (Å²) in [7, 11) is 2.55. The summed E-state index contributed by atoms with van der Waals surface area (Å²) in [5.74, 6) is -5.53. The number of aromatic hydroxyl groups is 5. The standard InChI is InChI=1S/C53H56O27/c1-70-32-13-23(14-33(71-2)40(32)62)6-12-39(61)79-49-45(67)42(64)36(20-55)77-53(49)80-50-46(68)43(65)37(21-72-38(60)11-5-22-3-8-25(56)9-4-22)78-52(50)75-34-18-27-30(73-48(34)24-7-10-28(58)29(59)15-24)16-26(57)17-31(27)74-51-47(69)44(66)41(63)35(19-54)76-51/h3-18,35-37,41-47,49-55,63-69H,19-21H2,1-2H3,(H4-,56,57,58,59,60,61,62)/p+1/t35-,36-,37-,41-,42-,43-,44+,45+,46+,47-,49-,50-,51-,52-,53+/m1/s1. The molecule has 3 aliphatic heterocycles. The van der Waals surface area contributed by atoms with E-state index in [0.717, 1.165) is 36.4 Å². The second-order valence-corrected chi connectivity index (χ2v) is 18.3. The number of phenols is 5. The molecule has 3 saturated heterocycles. The van der Waals surface area contributed by atoms with E-state index in [0.29, 0.717) is 5.56 Å². The number of fused-ring (bicyclic) bond motifs is 1. The molecule has 1 aromatic heterocycles. The lowest BCUT2D eigenvalue weighted by Gasteiger charge is -2.46. The Balaban J connectivity index is 1.18. The van der Waals surface area contributed by atoms with Crippen molar-refractivity contribution in [3.8, 4) is 63.1 Å². The van der Waals surface area contributed by atoms with Crippen molar-refractivity contribution in [2.75, 3.05) is 34.0 Å². The van der Waals surface area contributed by atoms with Gasteiger partial charge in [0.05, 0.1) is 39.1 Å². The molecule has 0 unspecified atom stereocenters. The molecule has 3 aliphatic rings. The second kappa shape index (κ2) is 25.2. The Bertz CT molecular complexity index is 3010. The van der Waals surface area contributed by atoms with Crippen molar-refractivity contribution < 1.29 is 133 Å². The van der Waals surface area contributed by atoms with Gasteiger partial charge in [0.1, 0.15) is 90.3 Å². The highest BCUT2D eigenvalue weighted by molar-refractivity contribution is 5.90. The van der Waals surface area contributed by atoms with Crippen molar-refractivity contribution in [2.24, 2.45) is 0 Å². The van der Waals surface area contributed by atoms with Gasteiger partial charge in [0.25, 0.3) is 0 Å². The number of hydrogen-bond acceptors (Lipinski definition) is 26. The van der Waals surface area contributed by atoms with Gasteiger partial charge in [-0.05, 0) is 59.7 Å². The van der Waals surface area contributed by atoms with E-state index >= 15 is 0 Å². The van der Waals surface area contributed by atoms with Gasteiger partial charge in [0.15, 0.2) is 41.5 Å². The molecule has 0 spiro atoms. The molecular weight excluding hydrogens is 1070 g/mol. The molecule has 0 aliphatic carbocycles. The predicted octanol–water partition coefficient (Wildman–Crippen LogP) is -0.364. The monoisotopic (exact) mass is 1130 g/mol. The molecule has 15 atom stereocenters. The highest BCUT2D eigenvalue weighted by atomic mass is 16.8. The van der Waals surface area contributed by atoms with Gasteiger partial charge in [-0.25, -0.2) is 14.0 Å². The average molecular weight is 1130 g/mol. The van der Waals surface area contributed by atoms with Crippen LogP contribution in [0, 0.1) is 0 Å². The number of phenolic OH excluding ortho intramolecular Hbond substituents is 5. The molecule has 5 aromatic rings. The number of benzene rings is 4. The Hall–Kier alpha value is -7.61. The zero-order chi connectivity index (χ0) is 57.7. The summed E-state index contributed by atoms with van der Waals surface area (Å²) in [5.41, 5.74) is 0.453. The molecule has 430 valence electrons. The fraction of sp³-hybridized carbons (Fsp3) is 0.377. The van der Waals surface area contributed by atoms with Gasteiger partial charge in [-0.3, -0.25) is 0 Å². The SMILES string of the molecule is COc1cc(/C=C/C(=O)O[C@H]2[C@H](O[C@H]3[C@H](Oc4cc5c(O[C@@H]6O[C@H](CO)[C@@H](O)[C@H](O)[C@H]6O)cc(O)cc5[o+]c4-c4ccc(O)c(O)c4)O[C@H](COC(=O)/C=C/c4ccc(O)cc4)[C@@H](O)[C@@H]3O)O[C@H](CO)[C@@H](O)[C@@H]2O)cc(OC)c1O. The Kier molecular flexibility index (Phi) is 18.5. The van der Waals surface area contributed by atoms with Crippen molar-refractivity contribution in [3.63, 3.8) is 0 Å². The van der Waals surface area contributed by atoms with E-state index in [1.807, 2.05) is 0 Å². The Morgan fingerprint density at radius 1 is 0.550 bits per heavy atom. The first kappa shape index (κ1) is 58.5. The quantitative estimate of drug-likeness (QED) is 0.0230. The molecule has 80 heavy (non-hydrogen) atoms. The molecule has 8 rings (SSSR count). The number of aliphatic hydroxyl groups is 9. The summed E-state index contributed by atoms with van der Waals surface area (Å²) in [6.45, 7) is -2.60. The lowest BCUT2D eigenvalue weighted by atomic mass is 9.97. The van der Waals surface area contributed by atoms with E-state index in [4.69, 9.17) is 51.8 Å². The van der Waals surface area contributed by atoms with Gasteiger partial charge in [-0.1, -0.05) is 12.1 Å². The Morgan fingerprint density at radius 3 is 1.79 bits per heavy atom. The topological polar surface area (TPSA) is 421 Å². The molecule has 0 bridgehead atoms. The molecule has 4 heterocycles. The predicted molar refractivity (Wildman–Crippen MR) is 268 cm³/mol. The number of methoxy groups -OCH3 is 2. The first-order valence-electron chi connectivity index (χ1n) is 24.3. The molecule has 4 aromatic carbocycles. The molecular formula is C53H57O27+. The zero-order valence-electron chi connectivity index (χ0n) is 42.1. The van der Waals surface area contributed by atoms with Crippen LogP contribution < -0.4 is 18.9 Å². The van der Waals surface area contributed by atoms with Crippen molar-refractivity contribution in [1.29, 1.82) is 0 Å².